The fourth-order valence-corrected chi connectivity index (χ4v) is 1.94. The van der Waals surface area contributed by atoms with Crippen LogP contribution in [0.2, 0.25) is 5.02 Å². The van der Waals surface area contributed by atoms with Crippen LogP contribution >= 0.6 is 11.6 Å². The highest BCUT2D eigenvalue weighted by atomic mass is 35.5. The van der Waals surface area contributed by atoms with E-state index < -0.39 is 17.3 Å². The van der Waals surface area contributed by atoms with Crippen LogP contribution in [0.25, 0.3) is 0 Å². The number of halogens is 2. The third-order valence-electron chi connectivity index (χ3n) is 3.22. The molecule has 0 saturated carbocycles. The van der Waals surface area contributed by atoms with E-state index in [1.54, 1.807) is 6.92 Å². The molecule has 1 heterocycles. The van der Waals surface area contributed by atoms with Crippen molar-refractivity contribution >= 4 is 23.2 Å². The van der Waals surface area contributed by atoms with Crippen LogP contribution in [0.3, 0.4) is 0 Å². The zero-order chi connectivity index (χ0) is 13.3. The Morgan fingerprint density at radius 1 is 1.67 bits per heavy atom. The molecule has 98 valence electrons. The Morgan fingerprint density at radius 3 is 2.94 bits per heavy atom. The van der Waals surface area contributed by atoms with Crippen molar-refractivity contribution in [3.8, 4) is 0 Å². The summed E-state index contributed by atoms with van der Waals surface area (Å²) in [6.07, 6.45) is 0. The lowest BCUT2D eigenvalue weighted by molar-refractivity contribution is -0.125. The number of nitrogens with one attached hydrogen (secondary N) is 1. The maximum Gasteiger partial charge on any atom is 0.234 e. The first-order chi connectivity index (χ1) is 8.43. The van der Waals surface area contributed by atoms with Crippen LogP contribution in [0, 0.1) is 11.2 Å². The van der Waals surface area contributed by atoms with Gasteiger partial charge in [0.25, 0.3) is 0 Å². The van der Waals surface area contributed by atoms with Gasteiger partial charge in [0.15, 0.2) is 0 Å². The van der Waals surface area contributed by atoms with Gasteiger partial charge in [0.05, 0.1) is 24.3 Å². The first kappa shape index (κ1) is 13.3. The van der Waals surface area contributed by atoms with Gasteiger partial charge in [-0.1, -0.05) is 11.6 Å². The predicted octanol–water partition coefficient (Wildman–Crippen LogP) is 1.78. The number of carbonyl (C=O) groups excluding carboxylic acids is 1. The van der Waals surface area contributed by atoms with Gasteiger partial charge in [-0.25, -0.2) is 4.39 Å². The van der Waals surface area contributed by atoms with Crippen LogP contribution in [-0.4, -0.2) is 25.2 Å². The van der Waals surface area contributed by atoms with Crippen molar-refractivity contribution in [3.63, 3.8) is 0 Å². The highest BCUT2D eigenvalue weighted by Crippen LogP contribution is 2.29. The van der Waals surface area contributed by atoms with E-state index in [-0.39, 0.29) is 23.2 Å². The van der Waals surface area contributed by atoms with Gasteiger partial charge >= 0.3 is 0 Å². The van der Waals surface area contributed by atoms with E-state index >= 15 is 0 Å². The molecule has 3 N–H and O–H groups in total. The second kappa shape index (κ2) is 4.84. The van der Waals surface area contributed by atoms with Crippen molar-refractivity contribution in [1.82, 2.24) is 0 Å². The highest BCUT2D eigenvalue weighted by molar-refractivity contribution is 6.30. The van der Waals surface area contributed by atoms with Crippen LogP contribution in [-0.2, 0) is 9.53 Å². The highest BCUT2D eigenvalue weighted by Gasteiger charge is 2.44. The molecule has 1 aromatic rings. The molecule has 0 radical (unpaired) electrons. The van der Waals surface area contributed by atoms with E-state index in [0.29, 0.717) is 6.61 Å². The van der Waals surface area contributed by atoms with Crippen LogP contribution in [0.1, 0.15) is 6.92 Å². The molecule has 1 aliphatic heterocycles. The number of nitrogens with two attached hydrogens (primary N) is 1. The SMILES string of the molecule is CC1(C(=O)Nc2ccc(Cl)cc2F)COCC1N. The Kier molecular flexibility index (Phi) is 3.56. The van der Waals surface area contributed by atoms with Crippen molar-refractivity contribution in [3.05, 3.63) is 29.0 Å². The van der Waals surface area contributed by atoms with Gasteiger partial charge in [-0.05, 0) is 25.1 Å². The van der Waals surface area contributed by atoms with Gasteiger partial charge in [0.1, 0.15) is 5.82 Å². The maximum absolute atomic E-state index is 13.6. The Bertz CT molecular complexity index is 483. The van der Waals surface area contributed by atoms with Crippen molar-refractivity contribution in [1.29, 1.82) is 0 Å². The molecular formula is C12H14ClFN2O2. The summed E-state index contributed by atoms with van der Waals surface area (Å²) in [5.41, 5.74) is 5.08. The fourth-order valence-electron chi connectivity index (χ4n) is 1.78. The molecule has 0 aromatic heterocycles. The Hall–Kier alpha value is -1.17. The molecule has 4 nitrogen and oxygen atoms in total. The average molecular weight is 273 g/mol. The zero-order valence-electron chi connectivity index (χ0n) is 9.87. The van der Waals surface area contributed by atoms with Crippen molar-refractivity contribution in [2.45, 2.75) is 13.0 Å². The number of benzene rings is 1. The summed E-state index contributed by atoms with van der Waals surface area (Å²) in [5.74, 6) is -0.930. The molecule has 0 spiro atoms. The number of carbonyl (C=O) groups is 1. The summed E-state index contributed by atoms with van der Waals surface area (Å²) >= 11 is 5.64. The number of anilines is 1. The summed E-state index contributed by atoms with van der Waals surface area (Å²) in [5, 5.41) is 2.79. The van der Waals surface area contributed by atoms with Gasteiger partial charge in [-0.15, -0.1) is 0 Å². The molecule has 1 aromatic carbocycles. The number of rotatable bonds is 2. The number of hydrogen-bond donors (Lipinski definition) is 2. The van der Waals surface area contributed by atoms with Gasteiger partial charge in [0.2, 0.25) is 5.91 Å². The lowest BCUT2D eigenvalue weighted by atomic mass is 9.85. The fraction of sp³-hybridized carbons (Fsp3) is 0.417. The minimum Gasteiger partial charge on any atom is -0.379 e. The maximum atomic E-state index is 13.6. The zero-order valence-corrected chi connectivity index (χ0v) is 10.6. The molecule has 0 aliphatic carbocycles. The van der Waals surface area contributed by atoms with Gasteiger partial charge in [0, 0.05) is 11.1 Å². The van der Waals surface area contributed by atoms with Gasteiger partial charge in [-0.2, -0.15) is 0 Å². The summed E-state index contributed by atoms with van der Waals surface area (Å²) in [4.78, 5) is 12.1. The Balaban J connectivity index is 2.16. The summed E-state index contributed by atoms with van der Waals surface area (Å²) in [6, 6.07) is 3.67. The minimum absolute atomic E-state index is 0.0877. The summed E-state index contributed by atoms with van der Waals surface area (Å²) < 4.78 is 18.7. The lowest BCUT2D eigenvalue weighted by Crippen LogP contribution is -2.47. The van der Waals surface area contributed by atoms with E-state index in [0.717, 1.165) is 6.07 Å². The molecular weight excluding hydrogens is 259 g/mol. The topological polar surface area (TPSA) is 64.3 Å². The van der Waals surface area contributed by atoms with Crippen LogP contribution in [0.4, 0.5) is 10.1 Å². The molecule has 1 saturated heterocycles. The van der Waals surface area contributed by atoms with Crippen LogP contribution in [0.5, 0.6) is 0 Å². The standard InChI is InChI=1S/C12H14ClFN2O2/c1-12(6-18-5-10(12)15)11(17)16-9-3-2-7(13)4-8(9)14/h2-4,10H,5-6,15H2,1H3,(H,16,17). The molecule has 0 bridgehead atoms. The molecule has 1 amide bonds. The monoisotopic (exact) mass is 272 g/mol. The lowest BCUT2D eigenvalue weighted by Gasteiger charge is -2.25. The molecule has 2 rings (SSSR count). The largest absolute Gasteiger partial charge is 0.379 e. The molecule has 18 heavy (non-hydrogen) atoms. The summed E-state index contributed by atoms with van der Waals surface area (Å²) in [7, 11) is 0. The van der Waals surface area contributed by atoms with E-state index in [4.69, 9.17) is 22.1 Å². The summed E-state index contributed by atoms with van der Waals surface area (Å²) in [6.45, 7) is 2.26. The minimum atomic E-state index is -0.841. The number of hydrogen-bond acceptors (Lipinski definition) is 3. The van der Waals surface area contributed by atoms with E-state index in [1.165, 1.54) is 12.1 Å². The van der Waals surface area contributed by atoms with Crippen molar-refractivity contribution < 1.29 is 13.9 Å². The Morgan fingerprint density at radius 2 is 2.39 bits per heavy atom. The Labute approximate surface area is 109 Å². The molecule has 1 aliphatic rings. The van der Waals surface area contributed by atoms with Crippen molar-refractivity contribution in [2.24, 2.45) is 11.1 Å². The molecule has 2 atom stereocenters. The van der Waals surface area contributed by atoms with E-state index in [9.17, 15) is 9.18 Å². The average Bonchev–Trinajstić information content (AvgIpc) is 2.64. The van der Waals surface area contributed by atoms with E-state index in [2.05, 4.69) is 5.32 Å². The predicted molar refractivity (Wildman–Crippen MR) is 66.9 cm³/mol. The first-order valence-electron chi connectivity index (χ1n) is 5.53. The second-order valence-electron chi connectivity index (χ2n) is 4.62. The molecule has 2 unspecified atom stereocenters. The van der Waals surface area contributed by atoms with Crippen molar-refractivity contribution in [2.75, 3.05) is 18.5 Å². The normalized spacial score (nSPS) is 27.2. The quantitative estimate of drug-likeness (QED) is 0.863. The molecule has 1 fully saturated rings. The second-order valence-corrected chi connectivity index (χ2v) is 5.05. The number of amides is 1. The van der Waals surface area contributed by atoms with E-state index in [1.807, 2.05) is 0 Å². The first-order valence-corrected chi connectivity index (χ1v) is 5.91. The smallest absolute Gasteiger partial charge is 0.234 e. The third kappa shape index (κ3) is 2.34. The van der Waals surface area contributed by atoms with Crippen LogP contribution < -0.4 is 11.1 Å². The number of ether oxygens (including phenoxy) is 1. The third-order valence-corrected chi connectivity index (χ3v) is 3.45. The van der Waals surface area contributed by atoms with Gasteiger partial charge in [-0.3, -0.25) is 4.79 Å². The molecule has 6 heteroatoms. The van der Waals surface area contributed by atoms with Crippen LogP contribution in [0.15, 0.2) is 18.2 Å². The van der Waals surface area contributed by atoms with Gasteiger partial charge < -0.3 is 15.8 Å².